The van der Waals surface area contributed by atoms with Crippen molar-refractivity contribution in [3.63, 3.8) is 0 Å². The van der Waals surface area contributed by atoms with E-state index in [2.05, 4.69) is 5.32 Å². The molecule has 1 N–H and O–H groups in total. The minimum atomic E-state index is -0.570. The summed E-state index contributed by atoms with van der Waals surface area (Å²) in [5, 5.41) is 5.02. The number of pyridine rings is 1. The zero-order chi connectivity index (χ0) is 16.1. The number of ketones is 1. The van der Waals surface area contributed by atoms with Crippen molar-refractivity contribution in [2.24, 2.45) is 0 Å². The van der Waals surface area contributed by atoms with Crippen LogP contribution in [-0.2, 0) is 6.54 Å². The third-order valence-corrected chi connectivity index (χ3v) is 4.57. The monoisotopic (exact) mass is 343 g/mol. The molecule has 4 nitrogen and oxygen atoms in total. The van der Waals surface area contributed by atoms with Gasteiger partial charge in [0.25, 0.3) is 6.04 Å². The van der Waals surface area contributed by atoms with Crippen LogP contribution < -0.4 is 9.88 Å². The molecule has 1 atom stereocenters. The van der Waals surface area contributed by atoms with Crippen molar-refractivity contribution in [2.45, 2.75) is 12.6 Å². The zero-order valence-corrected chi connectivity index (χ0v) is 13.8. The Morgan fingerprint density at radius 1 is 1.22 bits per heavy atom. The smallest absolute Gasteiger partial charge is 0.271 e. The number of nitrogens with one attached hydrogen (secondary N) is 1. The topological polar surface area (TPSA) is 46.1 Å². The number of furan rings is 1. The fourth-order valence-electron chi connectivity index (χ4n) is 2.21. The lowest BCUT2D eigenvalue weighted by Crippen LogP contribution is -2.51. The van der Waals surface area contributed by atoms with Gasteiger partial charge in [0.2, 0.25) is 5.78 Å². The van der Waals surface area contributed by atoms with Crippen LogP contribution in [0.2, 0.25) is 0 Å². The Bertz CT molecular complexity index is 768. The molecule has 0 aliphatic rings. The highest BCUT2D eigenvalue weighted by atomic mass is 32.1. The Kier molecular flexibility index (Phi) is 4.95. The van der Waals surface area contributed by atoms with Crippen molar-refractivity contribution in [2.75, 3.05) is 0 Å². The van der Waals surface area contributed by atoms with E-state index in [9.17, 15) is 4.79 Å². The third kappa shape index (κ3) is 3.72. The summed E-state index contributed by atoms with van der Waals surface area (Å²) in [7, 11) is 0. The van der Waals surface area contributed by atoms with Gasteiger partial charge in [-0.2, -0.15) is 4.57 Å². The van der Waals surface area contributed by atoms with Crippen LogP contribution >= 0.6 is 23.6 Å². The van der Waals surface area contributed by atoms with E-state index in [1.54, 1.807) is 6.26 Å². The quantitative estimate of drug-likeness (QED) is 0.424. The lowest BCUT2D eigenvalue weighted by Gasteiger charge is -2.13. The molecule has 0 amide bonds. The second-order valence-corrected chi connectivity index (χ2v) is 6.25. The fraction of sp³-hybridized carbons (Fsp3) is 0.118. The molecule has 3 aromatic heterocycles. The highest BCUT2D eigenvalue weighted by molar-refractivity contribution is 7.80. The van der Waals surface area contributed by atoms with E-state index in [1.807, 2.05) is 64.8 Å². The van der Waals surface area contributed by atoms with Crippen molar-refractivity contribution in [1.82, 2.24) is 5.32 Å². The number of hydrogen-bond donors (Lipinski definition) is 1. The van der Waals surface area contributed by atoms with Gasteiger partial charge in [-0.25, -0.2) is 0 Å². The van der Waals surface area contributed by atoms with Gasteiger partial charge >= 0.3 is 0 Å². The molecule has 6 heteroatoms. The fourth-order valence-corrected chi connectivity index (χ4v) is 3.20. The van der Waals surface area contributed by atoms with Crippen LogP contribution in [0.5, 0.6) is 0 Å². The van der Waals surface area contributed by atoms with E-state index < -0.39 is 6.04 Å². The lowest BCUT2D eigenvalue weighted by molar-refractivity contribution is -0.692. The summed E-state index contributed by atoms with van der Waals surface area (Å²) in [6, 6.07) is 12.5. The van der Waals surface area contributed by atoms with Gasteiger partial charge in [0.05, 0.1) is 17.7 Å². The molecule has 23 heavy (non-hydrogen) atoms. The summed E-state index contributed by atoms with van der Waals surface area (Å²) in [4.78, 5) is 14.0. The number of hydrogen-bond acceptors (Lipinski definition) is 4. The largest absolute Gasteiger partial charge is 0.467 e. The predicted molar refractivity (Wildman–Crippen MR) is 92.5 cm³/mol. The minimum absolute atomic E-state index is 0.0202. The number of aromatic nitrogens is 1. The lowest BCUT2D eigenvalue weighted by atomic mass is 10.1. The first kappa shape index (κ1) is 15.6. The highest BCUT2D eigenvalue weighted by Crippen LogP contribution is 2.16. The molecule has 0 aromatic carbocycles. The predicted octanol–water partition coefficient (Wildman–Crippen LogP) is 3.17. The Morgan fingerprint density at radius 2 is 2.04 bits per heavy atom. The van der Waals surface area contributed by atoms with Crippen LogP contribution in [0.15, 0.2) is 70.9 Å². The summed E-state index contributed by atoms with van der Waals surface area (Å²) in [5.41, 5.74) is 0. The van der Waals surface area contributed by atoms with E-state index in [0.717, 1.165) is 5.76 Å². The molecule has 3 heterocycles. The van der Waals surface area contributed by atoms with E-state index in [-0.39, 0.29) is 5.78 Å². The Labute approximate surface area is 143 Å². The maximum Gasteiger partial charge on any atom is 0.271 e. The number of carbonyl (C=O) groups excluding carboxylic acids is 1. The van der Waals surface area contributed by atoms with Gasteiger partial charge in [-0.1, -0.05) is 24.4 Å². The summed E-state index contributed by atoms with van der Waals surface area (Å²) < 4.78 is 7.11. The van der Waals surface area contributed by atoms with Crippen molar-refractivity contribution < 1.29 is 13.8 Å². The molecule has 0 unspecified atom stereocenters. The van der Waals surface area contributed by atoms with Gasteiger partial charge in [0.1, 0.15) is 5.76 Å². The van der Waals surface area contributed by atoms with Crippen LogP contribution in [0.25, 0.3) is 0 Å². The van der Waals surface area contributed by atoms with Crippen molar-refractivity contribution in [1.29, 1.82) is 0 Å². The second kappa shape index (κ2) is 7.30. The molecule has 3 aromatic rings. The normalized spacial score (nSPS) is 11.8. The first-order valence-corrected chi connectivity index (χ1v) is 8.38. The van der Waals surface area contributed by atoms with Gasteiger partial charge in [-0.05, 0) is 23.6 Å². The summed E-state index contributed by atoms with van der Waals surface area (Å²) in [5.74, 6) is 0.751. The molecule has 0 saturated carbocycles. The third-order valence-electron chi connectivity index (χ3n) is 3.31. The van der Waals surface area contributed by atoms with Crippen LogP contribution in [0.4, 0.5) is 0 Å². The second-order valence-electron chi connectivity index (χ2n) is 4.86. The Hall–Kier alpha value is -2.31. The highest BCUT2D eigenvalue weighted by Gasteiger charge is 2.33. The molecular formula is C17H15N2O2S2+. The molecule has 116 valence electrons. The summed E-state index contributed by atoms with van der Waals surface area (Å²) in [6.45, 7) is 0.452. The van der Waals surface area contributed by atoms with E-state index in [0.29, 0.717) is 16.4 Å². The molecule has 0 saturated heterocycles. The molecular weight excluding hydrogens is 328 g/mol. The Morgan fingerprint density at radius 3 is 2.70 bits per heavy atom. The van der Waals surface area contributed by atoms with Crippen LogP contribution in [0.3, 0.4) is 0 Å². The average molecular weight is 343 g/mol. The van der Waals surface area contributed by atoms with Crippen molar-refractivity contribution in [3.8, 4) is 0 Å². The number of Topliss-reactive ketones (excluding diaryl/α,β-unsaturated/α-hetero) is 1. The molecule has 0 fully saturated rings. The van der Waals surface area contributed by atoms with Gasteiger partial charge < -0.3 is 9.73 Å². The standard InChI is InChI=1S/C17H14N2O2S2/c20-16(14-7-5-11-23-14)15(19-8-2-1-3-9-19)17(22)18-12-13-6-4-10-21-13/h1-11,15H,12H2/p+1/t15-/m1/s1. The van der Waals surface area contributed by atoms with Crippen LogP contribution in [0, 0.1) is 0 Å². The number of carbonyl (C=O) groups is 1. The SMILES string of the molecule is O=C(c1cccs1)[C@H](C(=S)NCc1ccco1)[n+]1ccccc1. The molecule has 0 bridgehead atoms. The van der Waals surface area contributed by atoms with E-state index >= 15 is 0 Å². The number of thiocarbonyl (C=S) groups is 1. The Balaban J connectivity index is 1.83. The van der Waals surface area contributed by atoms with Gasteiger partial charge in [0.15, 0.2) is 17.4 Å². The first-order chi connectivity index (χ1) is 11.3. The zero-order valence-electron chi connectivity index (χ0n) is 12.2. The summed E-state index contributed by atoms with van der Waals surface area (Å²) >= 11 is 6.91. The maximum absolute atomic E-state index is 12.8. The van der Waals surface area contributed by atoms with Gasteiger partial charge in [-0.15, -0.1) is 11.3 Å². The molecule has 0 aliphatic heterocycles. The molecule has 0 aliphatic carbocycles. The van der Waals surface area contributed by atoms with Crippen LogP contribution in [0.1, 0.15) is 21.5 Å². The maximum atomic E-state index is 12.8. The number of rotatable bonds is 6. The molecule has 3 rings (SSSR count). The van der Waals surface area contributed by atoms with Crippen molar-refractivity contribution in [3.05, 3.63) is 77.1 Å². The minimum Gasteiger partial charge on any atom is -0.467 e. The first-order valence-electron chi connectivity index (χ1n) is 7.09. The van der Waals surface area contributed by atoms with Gasteiger partial charge in [0, 0.05) is 12.1 Å². The summed E-state index contributed by atoms with van der Waals surface area (Å²) in [6.07, 6.45) is 5.30. The molecule has 0 spiro atoms. The van der Waals surface area contributed by atoms with Gasteiger partial charge in [-0.3, -0.25) is 4.79 Å². The molecule has 0 radical (unpaired) electrons. The number of nitrogens with zero attached hydrogens (tertiary/aromatic N) is 1. The van der Waals surface area contributed by atoms with Crippen LogP contribution in [-0.4, -0.2) is 10.8 Å². The van der Waals surface area contributed by atoms with Crippen molar-refractivity contribution >= 4 is 34.3 Å². The number of thiophene rings is 1. The van der Waals surface area contributed by atoms with E-state index in [1.165, 1.54) is 11.3 Å². The average Bonchev–Trinajstić information content (AvgIpc) is 3.27. The van der Waals surface area contributed by atoms with E-state index in [4.69, 9.17) is 16.6 Å².